The second-order valence-corrected chi connectivity index (χ2v) is 7.87. The normalized spacial score (nSPS) is 17.0. The lowest BCUT2D eigenvalue weighted by molar-refractivity contribution is -0.118. The van der Waals surface area contributed by atoms with E-state index in [1.807, 2.05) is 43.3 Å². The van der Waals surface area contributed by atoms with Crippen LogP contribution in [0.3, 0.4) is 0 Å². The van der Waals surface area contributed by atoms with Crippen molar-refractivity contribution < 1.29 is 23.7 Å². The molecule has 31 heavy (non-hydrogen) atoms. The fraction of sp³-hybridized carbons (Fsp3) is 0.400. The smallest absolute Gasteiger partial charge is 0.250 e. The lowest BCUT2D eigenvalue weighted by Gasteiger charge is -2.38. The Labute approximate surface area is 183 Å². The van der Waals surface area contributed by atoms with Crippen molar-refractivity contribution in [3.63, 3.8) is 0 Å². The van der Waals surface area contributed by atoms with Crippen molar-refractivity contribution in [3.8, 4) is 17.2 Å². The third kappa shape index (κ3) is 4.54. The second kappa shape index (κ2) is 9.43. The average molecular weight is 424 g/mol. The fourth-order valence-electron chi connectivity index (χ4n) is 4.22. The SMILES string of the molecule is CCOc1cccc2c1OCC(C(=O)NCC1(c3ccc(OC)cc3)CCOCC1)=C2. The van der Waals surface area contributed by atoms with Gasteiger partial charge in [-0.3, -0.25) is 4.79 Å². The van der Waals surface area contributed by atoms with Gasteiger partial charge in [-0.15, -0.1) is 0 Å². The van der Waals surface area contributed by atoms with E-state index in [0.29, 0.717) is 43.4 Å². The summed E-state index contributed by atoms with van der Waals surface area (Å²) in [6.07, 6.45) is 3.60. The Kier molecular flexibility index (Phi) is 6.47. The van der Waals surface area contributed by atoms with Crippen molar-refractivity contribution in [1.29, 1.82) is 0 Å². The molecule has 0 aliphatic carbocycles. The summed E-state index contributed by atoms with van der Waals surface area (Å²) >= 11 is 0. The Bertz CT molecular complexity index is 945. The Morgan fingerprint density at radius 2 is 1.90 bits per heavy atom. The van der Waals surface area contributed by atoms with Crippen LogP contribution in [-0.2, 0) is 14.9 Å². The zero-order valence-corrected chi connectivity index (χ0v) is 18.1. The first kappa shape index (κ1) is 21.2. The minimum Gasteiger partial charge on any atom is -0.497 e. The van der Waals surface area contributed by atoms with Gasteiger partial charge in [0.15, 0.2) is 11.5 Å². The number of hydrogen-bond acceptors (Lipinski definition) is 5. The first-order valence-electron chi connectivity index (χ1n) is 10.7. The largest absolute Gasteiger partial charge is 0.497 e. The third-order valence-electron chi connectivity index (χ3n) is 6.04. The Morgan fingerprint density at radius 3 is 2.61 bits per heavy atom. The average Bonchev–Trinajstić information content (AvgIpc) is 2.83. The predicted octanol–water partition coefficient (Wildman–Crippen LogP) is 3.73. The molecule has 0 aromatic heterocycles. The first-order valence-corrected chi connectivity index (χ1v) is 10.7. The zero-order chi connectivity index (χ0) is 21.7. The number of carbonyl (C=O) groups excluding carboxylic acids is 1. The molecule has 1 fully saturated rings. The predicted molar refractivity (Wildman–Crippen MR) is 119 cm³/mol. The summed E-state index contributed by atoms with van der Waals surface area (Å²) in [6.45, 7) is 4.63. The van der Waals surface area contributed by atoms with Crippen molar-refractivity contribution in [3.05, 3.63) is 59.2 Å². The molecule has 1 amide bonds. The summed E-state index contributed by atoms with van der Waals surface area (Å²) in [7, 11) is 1.66. The molecule has 2 heterocycles. The van der Waals surface area contributed by atoms with Gasteiger partial charge in [-0.25, -0.2) is 0 Å². The van der Waals surface area contributed by atoms with E-state index in [4.69, 9.17) is 18.9 Å². The van der Waals surface area contributed by atoms with Gasteiger partial charge < -0.3 is 24.3 Å². The van der Waals surface area contributed by atoms with Crippen LogP contribution >= 0.6 is 0 Å². The number of hydrogen-bond donors (Lipinski definition) is 1. The van der Waals surface area contributed by atoms with Crippen molar-refractivity contribution in [2.45, 2.75) is 25.2 Å². The summed E-state index contributed by atoms with van der Waals surface area (Å²) in [5.74, 6) is 2.12. The maximum Gasteiger partial charge on any atom is 0.250 e. The fourth-order valence-corrected chi connectivity index (χ4v) is 4.22. The maximum atomic E-state index is 13.0. The van der Waals surface area contributed by atoms with Crippen molar-refractivity contribution >= 4 is 12.0 Å². The number of benzene rings is 2. The number of methoxy groups -OCH3 is 1. The van der Waals surface area contributed by atoms with Gasteiger partial charge in [0, 0.05) is 30.7 Å². The monoisotopic (exact) mass is 423 g/mol. The lowest BCUT2D eigenvalue weighted by Crippen LogP contribution is -2.45. The standard InChI is InChI=1S/C25H29NO5/c1-3-30-22-6-4-5-18-15-19(16-31-23(18)22)24(27)26-17-25(11-13-29-14-12-25)20-7-9-21(28-2)10-8-20/h4-10,15H,3,11-14,16-17H2,1-2H3,(H,26,27). The molecule has 164 valence electrons. The molecule has 0 spiro atoms. The van der Waals surface area contributed by atoms with E-state index in [0.717, 1.165) is 24.2 Å². The molecule has 0 atom stereocenters. The van der Waals surface area contributed by atoms with Gasteiger partial charge in [0.2, 0.25) is 0 Å². The van der Waals surface area contributed by atoms with Crippen LogP contribution < -0.4 is 19.5 Å². The molecule has 0 radical (unpaired) electrons. The minimum atomic E-state index is -0.156. The Balaban J connectivity index is 1.50. The molecule has 2 aromatic carbocycles. The van der Waals surface area contributed by atoms with E-state index in [-0.39, 0.29) is 17.9 Å². The van der Waals surface area contributed by atoms with E-state index < -0.39 is 0 Å². The number of rotatable bonds is 7. The van der Waals surface area contributed by atoms with E-state index in [1.165, 1.54) is 5.56 Å². The van der Waals surface area contributed by atoms with Gasteiger partial charge in [-0.1, -0.05) is 24.3 Å². The van der Waals surface area contributed by atoms with E-state index in [1.54, 1.807) is 7.11 Å². The second-order valence-electron chi connectivity index (χ2n) is 7.87. The number of fused-ring (bicyclic) bond motifs is 1. The first-order chi connectivity index (χ1) is 15.1. The highest BCUT2D eigenvalue weighted by atomic mass is 16.5. The van der Waals surface area contributed by atoms with E-state index in [9.17, 15) is 4.79 Å². The number of carbonyl (C=O) groups is 1. The Morgan fingerprint density at radius 1 is 1.13 bits per heavy atom. The molecule has 2 aliphatic heterocycles. The van der Waals surface area contributed by atoms with Crippen LogP contribution in [0, 0.1) is 0 Å². The van der Waals surface area contributed by atoms with Gasteiger partial charge in [0.05, 0.1) is 19.3 Å². The highest BCUT2D eigenvalue weighted by Gasteiger charge is 2.35. The summed E-state index contributed by atoms with van der Waals surface area (Å²) in [5.41, 5.74) is 2.50. The van der Waals surface area contributed by atoms with Crippen molar-refractivity contribution in [2.24, 2.45) is 0 Å². The summed E-state index contributed by atoms with van der Waals surface area (Å²) < 4.78 is 22.4. The number of para-hydroxylation sites is 1. The van der Waals surface area contributed by atoms with Crippen molar-refractivity contribution in [1.82, 2.24) is 5.32 Å². The van der Waals surface area contributed by atoms with Crippen LogP contribution in [0.2, 0.25) is 0 Å². The molecular formula is C25H29NO5. The van der Waals surface area contributed by atoms with Gasteiger partial charge in [-0.2, -0.15) is 0 Å². The highest BCUT2D eigenvalue weighted by molar-refractivity contribution is 5.99. The van der Waals surface area contributed by atoms with Crippen LogP contribution in [0.15, 0.2) is 48.0 Å². The summed E-state index contributed by atoms with van der Waals surface area (Å²) in [4.78, 5) is 13.0. The molecule has 0 saturated carbocycles. The molecule has 6 heteroatoms. The number of nitrogens with one attached hydrogen (secondary N) is 1. The van der Waals surface area contributed by atoms with Gasteiger partial charge in [0.25, 0.3) is 5.91 Å². The number of amides is 1. The van der Waals surface area contributed by atoms with E-state index in [2.05, 4.69) is 17.4 Å². The Hall–Kier alpha value is -2.99. The van der Waals surface area contributed by atoms with Crippen molar-refractivity contribution in [2.75, 3.05) is 40.1 Å². The van der Waals surface area contributed by atoms with Gasteiger partial charge in [0.1, 0.15) is 12.4 Å². The highest BCUT2D eigenvalue weighted by Crippen LogP contribution is 2.37. The van der Waals surface area contributed by atoms with Crippen LogP contribution in [0.5, 0.6) is 17.2 Å². The van der Waals surface area contributed by atoms with Gasteiger partial charge in [-0.05, 0) is 49.6 Å². The molecular weight excluding hydrogens is 394 g/mol. The summed E-state index contributed by atoms with van der Waals surface area (Å²) in [6, 6.07) is 13.8. The summed E-state index contributed by atoms with van der Waals surface area (Å²) in [5, 5.41) is 3.16. The number of ether oxygens (including phenoxy) is 4. The molecule has 1 N–H and O–H groups in total. The van der Waals surface area contributed by atoms with Crippen LogP contribution in [-0.4, -0.2) is 46.0 Å². The van der Waals surface area contributed by atoms with Crippen LogP contribution in [0.4, 0.5) is 0 Å². The molecule has 1 saturated heterocycles. The minimum absolute atomic E-state index is 0.105. The maximum absolute atomic E-state index is 13.0. The molecule has 0 unspecified atom stereocenters. The van der Waals surface area contributed by atoms with Crippen LogP contribution in [0.1, 0.15) is 30.9 Å². The molecule has 2 aromatic rings. The quantitative estimate of drug-likeness (QED) is 0.735. The lowest BCUT2D eigenvalue weighted by atomic mass is 9.74. The molecule has 0 bridgehead atoms. The third-order valence-corrected chi connectivity index (χ3v) is 6.04. The van der Waals surface area contributed by atoms with Gasteiger partial charge >= 0.3 is 0 Å². The molecule has 2 aliphatic rings. The topological polar surface area (TPSA) is 66.0 Å². The van der Waals surface area contributed by atoms with E-state index >= 15 is 0 Å². The molecule has 6 nitrogen and oxygen atoms in total. The molecule has 4 rings (SSSR count). The van der Waals surface area contributed by atoms with Crippen LogP contribution in [0.25, 0.3) is 6.08 Å². The zero-order valence-electron chi connectivity index (χ0n) is 18.1.